The number of ether oxygens (including phenoxy) is 1. The van der Waals surface area contributed by atoms with Crippen LogP contribution >= 0.6 is 22.6 Å². The molecular weight excluding hydrogens is 241 g/mol. The molecule has 0 bridgehead atoms. The van der Waals surface area contributed by atoms with Crippen LogP contribution in [0.15, 0.2) is 0 Å². The minimum Gasteiger partial charge on any atom is -0.371 e. The lowest BCUT2D eigenvalue weighted by Gasteiger charge is -2.07. The van der Waals surface area contributed by atoms with Gasteiger partial charge in [-0.15, -0.1) is 0 Å². The van der Waals surface area contributed by atoms with Gasteiger partial charge >= 0.3 is 0 Å². The molecule has 0 amide bonds. The Balaban J connectivity index is 3.07. The van der Waals surface area contributed by atoms with E-state index in [-0.39, 0.29) is 13.0 Å². The highest BCUT2D eigenvalue weighted by molar-refractivity contribution is 14.1. The third kappa shape index (κ3) is 8.55. The highest BCUT2D eigenvalue weighted by atomic mass is 127. The molecule has 0 fully saturated rings. The molecule has 9 heavy (non-hydrogen) atoms. The van der Waals surface area contributed by atoms with Gasteiger partial charge in [0, 0.05) is 6.42 Å². The fourth-order valence-corrected chi connectivity index (χ4v) is 0.617. The molecule has 0 radical (unpaired) electrons. The third-order valence-electron chi connectivity index (χ3n) is 0.763. The Kier molecular flexibility index (Phi) is 4.65. The van der Waals surface area contributed by atoms with Crippen molar-refractivity contribution in [1.82, 2.24) is 0 Å². The van der Waals surface area contributed by atoms with Crippen molar-refractivity contribution < 1.29 is 13.5 Å². The molecule has 0 unspecified atom stereocenters. The summed E-state index contributed by atoms with van der Waals surface area (Å²) in [5.41, 5.74) is 0. The van der Waals surface area contributed by atoms with E-state index in [2.05, 4.69) is 0 Å². The average molecular weight is 250 g/mol. The van der Waals surface area contributed by atoms with Crippen molar-refractivity contribution in [2.75, 3.05) is 11.2 Å². The van der Waals surface area contributed by atoms with Gasteiger partial charge in [-0.05, 0) is 6.92 Å². The molecular formula is C5H9F2IO. The summed E-state index contributed by atoms with van der Waals surface area (Å²) >= 11 is 1.97. The van der Waals surface area contributed by atoms with Crippen LogP contribution in [0.25, 0.3) is 0 Å². The van der Waals surface area contributed by atoms with Gasteiger partial charge in [-0.1, -0.05) is 22.6 Å². The van der Waals surface area contributed by atoms with Crippen molar-refractivity contribution in [2.45, 2.75) is 19.3 Å². The van der Waals surface area contributed by atoms with Gasteiger partial charge in [0.05, 0.1) is 11.2 Å². The van der Waals surface area contributed by atoms with Crippen LogP contribution in [0, 0.1) is 0 Å². The molecule has 0 aromatic rings. The standard InChI is InChI=1S/C5H9F2IO/c1-5(6,7)2-3-9-4-8/h2-4H2,1H3. The molecule has 1 nitrogen and oxygen atoms in total. The molecule has 0 rings (SSSR count). The van der Waals surface area contributed by atoms with E-state index in [9.17, 15) is 8.78 Å². The van der Waals surface area contributed by atoms with Crippen LogP contribution in [0.5, 0.6) is 0 Å². The second-order valence-electron chi connectivity index (χ2n) is 1.84. The first-order valence-corrected chi connectivity index (χ1v) is 4.10. The molecule has 0 spiro atoms. The highest BCUT2D eigenvalue weighted by Crippen LogP contribution is 2.15. The largest absolute Gasteiger partial charge is 0.371 e. The van der Waals surface area contributed by atoms with Crippen LogP contribution in [0.4, 0.5) is 8.78 Å². The maximum Gasteiger partial charge on any atom is 0.247 e. The summed E-state index contributed by atoms with van der Waals surface area (Å²) in [6.07, 6.45) is -0.185. The average Bonchev–Trinajstić information content (AvgIpc) is 1.63. The smallest absolute Gasteiger partial charge is 0.247 e. The molecule has 0 saturated heterocycles. The first-order valence-electron chi connectivity index (χ1n) is 2.58. The third-order valence-corrected chi connectivity index (χ3v) is 1.20. The van der Waals surface area contributed by atoms with E-state index in [1.807, 2.05) is 22.6 Å². The van der Waals surface area contributed by atoms with Crippen LogP contribution in [-0.2, 0) is 4.74 Å². The fourth-order valence-electron chi connectivity index (χ4n) is 0.306. The van der Waals surface area contributed by atoms with Crippen molar-refractivity contribution in [3.63, 3.8) is 0 Å². The van der Waals surface area contributed by atoms with Gasteiger partial charge in [0.25, 0.3) is 0 Å². The number of hydrogen-bond acceptors (Lipinski definition) is 1. The molecule has 0 aromatic carbocycles. The maximum absolute atomic E-state index is 12.0. The van der Waals surface area contributed by atoms with Gasteiger partial charge in [-0.25, -0.2) is 8.78 Å². The van der Waals surface area contributed by atoms with Crippen LogP contribution in [0.3, 0.4) is 0 Å². The number of hydrogen-bond donors (Lipinski definition) is 0. The maximum atomic E-state index is 12.0. The summed E-state index contributed by atoms with van der Waals surface area (Å²) in [5.74, 6) is -2.58. The van der Waals surface area contributed by atoms with E-state index in [1.165, 1.54) is 0 Å². The zero-order valence-corrected chi connectivity index (χ0v) is 7.32. The van der Waals surface area contributed by atoms with E-state index in [1.54, 1.807) is 0 Å². The van der Waals surface area contributed by atoms with Crippen LogP contribution < -0.4 is 0 Å². The zero-order valence-electron chi connectivity index (χ0n) is 5.16. The summed E-state index contributed by atoms with van der Waals surface area (Å²) in [5, 5.41) is 0. The summed E-state index contributed by atoms with van der Waals surface area (Å²) < 4.78 is 29.1. The first-order chi connectivity index (χ1) is 4.06. The molecule has 0 heterocycles. The lowest BCUT2D eigenvalue weighted by atomic mass is 10.3. The van der Waals surface area contributed by atoms with Crippen molar-refractivity contribution in [2.24, 2.45) is 0 Å². The first kappa shape index (κ1) is 9.55. The molecule has 0 aliphatic rings. The zero-order chi connectivity index (χ0) is 7.33. The number of halogens is 3. The monoisotopic (exact) mass is 250 g/mol. The second kappa shape index (κ2) is 4.38. The van der Waals surface area contributed by atoms with Gasteiger partial charge < -0.3 is 4.74 Å². The van der Waals surface area contributed by atoms with E-state index in [0.29, 0.717) is 4.61 Å². The number of alkyl halides is 3. The summed E-state index contributed by atoms with van der Waals surface area (Å²) in [7, 11) is 0. The van der Waals surface area contributed by atoms with Crippen molar-refractivity contribution >= 4 is 22.6 Å². The predicted octanol–water partition coefficient (Wildman–Crippen LogP) is 2.44. The quantitative estimate of drug-likeness (QED) is 0.423. The minimum atomic E-state index is -2.58. The minimum absolute atomic E-state index is 0.145. The van der Waals surface area contributed by atoms with E-state index < -0.39 is 5.92 Å². The topological polar surface area (TPSA) is 9.23 Å². The lowest BCUT2D eigenvalue weighted by molar-refractivity contribution is -0.00970. The van der Waals surface area contributed by atoms with Crippen molar-refractivity contribution in [1.29, 1.82) is 0 Å². The Morgan fingerprint density at radius 3 is 2.44 bits per heavy atom. The van der Waals surface area contributed by atoms with E-state index in [4.69, 9.17) is 4.74 Å². The van der Waals surface area contributed by atoms with Gasteiger partial charge in [0.2, 0.25) is 5.92 Å². The molecule has 0 aliphatic heterocycles. The Morgan fingerprint density at radius 1 is 1.56 bits per heavy atom. The Bertz CT molecular complexity index is 71.8. The van der Waals surface area contributed by atoms with E-state index >= 15 is 0 Å². The Morgan fingerprint density at radius 2 is 2.11 bits per heavy atom. The molecule has 56 valence electrons. The SMILES string of the molecule is CC(F)(F)CCOCI. The van der Waals surface area contributed by atoms with Crippen LogP contribution in [-0.4, -0.2) is 17.1 Å². The summed E-state index contributed by atoms with van der Waals surface area (Å²) in [6.45, 7) is 1.04. The fraction of sp³-hybridized carbons (Fsp3) is 1.00. The molecule has 0 atom stereocenters. The van der Waals surface area contributed by atoms with Gasteiger partial charge in [0.1, 0.15) is 0 Å². The van der Waals surface area contributed by atoms with Crippen molar-refractivity contribution in [3.05, 3.63) is 0 Å². The predicted molar refractivity (Wildman–Crippen MR) is 40.1 cm³/mol. The summed E-state index contributed by atoms with van der Waals surface area (Å²) in [6, 6.07) is 0. The van der Waals surface area contributed by atoms with Gasteiger partial charge in [-0.3, -0.25) is 0 Å². The lowest BCUT2D eigenvalue weighted by Crippen LogP contribution is -2.12. The van der Waals surface area contributed by atoms with E-state index in [0.717, 1.165) is 6.92 Å². The molecule has 0 aliphatic carbocycles. The molecule has 0 saturated carbocycles. The Hall–Kier alpha value is 0.550. The van der Waals surface area contributed by atoms with Crippen LogP contribution in [0.1, 0.15) is 13.3 Å². The second-order valence-corrected chi connectivity index (χ2v) is 2.46. The Labute approximate surface area is 66.9 Å². The number of rotatable bonds is 4. The summed E-state index contributed by atoms with van der Waals surface area (Å²) in [4.78, 5) is 0. The molecule has 0 aromatic heterocycles. The van der Waals surface area contributed by atoms with Crippen LogP contribution in [0.2, 0.25) is 0 Å². The van der Waals surface area contributed by atoms with Gasteiger partial charge in [0.15, 0.2) is 0 Å². The highest BCUT2D eigenvalue weighted by Gasteiger charge is 2.19. The van der Waals surface area contributed by atoms with Gasteiger partial charge in [-0.2, -0.15) is 0 Å². The normalized spacial score (nSPS) is 12.0. The van der Waals surface area contributed by atoms with Crippen molar-refractivity contribution in [3.8, 4) is 0 Å². The molecule has 4 heteroatoms. The molecule has 0 N–H and O–H groups in total.